The summed E-state index contributed by atoms with van der Waals surface area (Å²) in [6.45, 7) is -2.77. The molecule has 0 aliphatic carbocycles. The van der Waals surface area contributed by atoms with Gasteiger partial charge in [-0.15, -0.1) is 0 Å². The van der Waals surface area contributed by atoms with Crippen LogP contribution in [0.3, 0.4) is 0 Å². The van der Waals surface area contributed by atoms with Crippen molar-refractivity contribution in [1.82, 2.24) is 9.62 Å². The van der Waals surface area contributed by atoms with Crippen molar-refractivity contribution in [2.75, 3.05) is 26.2 Å². The van der Waals surface area contributed by atoms with Crippen LogP contribution < -0.4 is 0 Å². The molecule has 0 spiro atoms. The fraction of sp³-hybridized carbons (Fsp3) is 0.500. The highest BCUT2D eigenvalue weighted by molar-refractivity contribution is 6.30. The smallest absolute Gasteiger partial charge is 0.316 e. The molecule has 1 radical (unpaired) electrons. The Morgan fingerprint density at radius 2 is 0.842 bits per heavy atom. The molecule has 0 saturated heterocycles. The predicted octanol–water partition coefficient (Wildman–Crippen LogP) is -2.54. The van der Waals surface area contributed by atoms with Gasteiger partial charge >= 0.3 is 31.4 Å². The van der Waals surface area contributed by atoms with E-state index in [0.29, 0.717) is 0 Å². The lowest BCUT2D eigenvalue weighted by Gasteiger charge is -2.24. The van der Waals surface area contributed by atoms with Gasteiger partial charge in [0.05, 0.1) is 26.2 Å². The van der Waals surface area contributed by atoms with E-state index in [1.165, 1.54) is 0 Å². The number of rotatable bonds is 10. The third kappa shape index (κ3) is 9.56. The first-order chi connectivity index (χ1) is 8.70. The molecule has 19 heavy (non-hydrogen) atoms. The zero-order valence-corrected chi connectivity index (χ0v) is 9.72. The Balaban J connectivity index is 4.68. The first-order valence-electron chi connectivity index (χ1n) is 4.91. The SMILES string of the molecule is O=C(O)CN([B]N(CC(=O)O)CC(=O)O)CC(=O)O. The minimum atomic E-state index is -1.33. The van der Waals surface area contributed by atoms with E-state index >= 15 is 0 Å². The summed E-state index contributed by atoms with van der Waals surface area (Å²) in [6, 6.07) is 0. The van der Waals surface area contributed by atoms with Crippen molar-refractivity contribution in [3.8, 4) is 0 Å². The van der Waals surface area contributed by atoms with Crippen LogP contribution in [0.25, 0.3) is 0 Å². The van der Waals surface area contributed by atoms with Crippen molar-refractivity contribution in [1.29, 1.82) is 0 Å². The average molecular weight is 275 g/mol. The standard InChI is InChI=1S/C8H12BN2O8/c12-5(13)1-10(2-6(14)15)9-11(3-7(16)17)4-8(18)19/h1-4H2,(H,12,13)(H,14,15)(H,16,17)(H,18,19). The van der Waals surface area contributed by atoms with E-state index < -0.39 is 50.1 Å². The highest BCUT2D eigenvalue weighted by Crippen LogP contribution is 1.93. The summed E-state index contributed by atoms with van der Waals surface area (Å²) in [7, 11) is 0.866. The summed E-state index contributed by atoms with van der Waals surface area (Å²) in [4.78, 5) is 43.6. The van der Waals surface area contributed by atoms with Crippen LogP contribution in [0.4, 0.5) is 0 Å². The Morgan fingerprint density at radius 3 is 1.00 bits per heavy atom. The van der Waals surface area contributed by atoms with Gasteiger partial charge in [-0.05, 0) is 0 Å². The molecule has 0 unspecified atom stereocenters. The minimum Gasteiger partial charge on any atom is -0.480 e. The molecule has 0 aromatic heterocycles. The van der Waals surface area contributed by atoms with Gasteiger partial charge in [-0.25, -0.2) is 0 Å². The maximum absolute atomic E-state index is 10.5. The number of hydrogen-bond acceptors (Lipinski definition) is 6. The Bertz CT molecular complexity index is 308. The first kappa shape index (κ1) is 16.9. The molecule has 0 amide bonds. The van der Waals surface area contributed by atoms with E-state index in [1.807, 2.05) is 0 Å². The van der Waals surface area contributed by atoms with Crippen LogP contribution in [-0.4, -0.2) is 87.7 Å². The molecule has 0 fully saturated rings. The lowest BCUT2D eigenvalue weighted by atomic mass is 10.0. The van der Waals surface area contributed by atoms with Crippen molar-refractivity contribution in [2.24, 2.45) is 0 Å². The molecule has 11 heteroatoms. The predicted molar refractivity (Wildman–Crippen MR) is 59.4 cm³/mol. The van der Waals surface area contributed by atoms with Crippen molar-refractivity contribution in [3.05, 3.63) is 0 Å². The normalized spacial score (nSPS) is 10.4. The maximum atomic E-state index is 10.5. The van der Waals surface area contributed by atoms with Gasteiger partial charge in [-0.2, -0.15) is 0 Å². The summed E-state index contributed by atoms with van der Waals surface area (Å²) >= 11 is 0. The Labute approximate surface area is 108 Å². The van der Waals surface area contributed by atoms with Gasteiger partial charge in [-0.1, -0.05) is 0 Å². The zero-order valence-electron chi connectivity index (χ0n) is 9.72. The van der Waals surface area contributed by atoms with Gasteiger partial charge in [0, 0.05) is 0 Å². The molecule has 0 aliphatic heterocycles. The Hall–Kier alpha value is -2.14. The summed E-state index contributed by atoms with van der Waals surface area (Å²) in [5.74, 6) is -5.32. The zero-order chi connectivity index (χ0) is 15.0. The third-order valence-electron chi connectivity index (χ3n) is 1.68. The molecule has 10 nitrogen and oxygen atoms in total. The van der Waals surface area contributed by atoms with E-state index in [4.69, 9.17) is 20.4 Å². The van der Waals surface area contributed by atoms with Crippen LogP contribution in [0.15, 0.2) is 0 Å². The number of aliphatic carboxylic acids is 4. The molecule has 105 valence electrons. The third-order valence-corrected chi connectivity index (χ3v) is 1.68. The Kier molecular flexibility index (Phi) is 7.15. The minimum absolute atomic E-state index is 0.692. The second-order valence-corrected chi connectivity index (χ2v) is 3.50. The van der Waals surface area contributed by atoms with Crippen LogP contribution in [0.5, 0.6) is 0 Å². The van der Waals surface area contributed by atoms with E-state index in [2.05, 4.69) is 0 Å². The molecule has 0 atom stereocenters. The van der Waals surface area contributed by atoms with Crippen LogP contribution in [0.1, 0.15) is 0 Å². The molecule has 0 bridgehead atoms. The second-order valence-electron chi connectivity index (χ2n) is 3.50. The molecule has 0 aliphatic rings. The monoisotopic (exact) mass is 275 g/mol. The largest absolute Gasteiger partial charge is 0.480 e. The van der Waals surface area contributed by atoms with E-state index in [9.17, 15) is 19.2 Å². The summed E-state index contributed by atoms with van der Waals surface area (Å²) < 4.78 is 0. The van der Waals surface area contributed by atoms with E-state index in [1.54, 1.807) is 0 Å². The highest BCUT2D eigenvalue weighted by Gasteiger charge is 2.22. The topological polar surface area (TPSA) is 156 Å². The first-order valence-corrected chi connectivity index (χ1v) is 4.91. The second kappa shape index (κ2) is 8.05. The van der Waals surface area contributed by atoms with Crippen LogP contribution in [0.2, 0.25) is 0 Å². The van der Waals surface area contributed by atoms with Crippen molar-refractivity contribution >= 4 is 31.4 Å². The fourth-order valence-electron chi connectivity index (χ4n) is 1.20. The fourth-order valence-corrected chi connectivity index (χ4v) is 1.20. The molecule has 0 rings (SSSR count). The molecule has 0 saturated carbocycles. The molecule has 0 aromatic carbocycles. The number of nitrogens with zero attached hydrogens (tertiary/aromatic N) is 2. The van der Waals surface area contributed by atoms with Crippen LogP contribution in [-0.2, 0) is 19.2 Å². The van der Waals surface area contributed by atoms with Gasteiger partial charge in [0.1, 0.15) is 0 Å². The van der Waals surface area contributed by atoms with E-state index in [0.717, 1.165) is 17.2 Å². The molecule has 4 N–H and O–H groups in total. The van der Waals surface area contributed by atoms with Gasteiger partial charge in [-0.3, -0.25) is 19.2 Å². The van der Waals surface area contributed by atoms with Crippen molar-refractivity contribution in [2.45, 2.75) is 0 Å². The summed E-state index contributed by atoms with van der Waals surface area (Å²) in [5, 5.41) is 34.3. The quantitative estimate of drug-likeness (QED) is 0.313. The Morgan fingerprint density at radius 1 is 0.632 bits per heavy atom. The van der Waals surface area contributed by atoms with Crippen LogP contribution >= 0.6 is 0 Å². The van der Waals surface area contributed by atoms with Gasteiger partial charge in [0.25, 0.3) is 0 Å². The maximum Gasteiger partial charge on any atom is 0.316 e. The highest BCUT2D eigenvalue weighted by atomic mass is 16.4. The lowest BCUT2D eigenvalue weighted by molar-refractivity contribution is -0.140. The summed E-state index contributed by atoms with van der Waals surface area (Å²) in [6.07, 6.45) is 0. The number of carboxylic acids is 4. The van der Waals surface area contributed by atoms with Crippen LogP contribution in [0, 0.1) is 0 Å². The molecule has 0 aromatic rings. The van der Waals surface area contributed by atoms with Crippen molar-refractivity contribution < 1.29 is 39.6 Å². The van der Waals surface area contributed by atoms with Gasteiger partial charge < -0.3 is 30.0 Å². The van der Waals surface area contributed by atoms with E-state index in [-0.39, 0.29) is 0 Å². The molecular weight excluding hydrogens is 263 g/mol. The van der Waals surface area contributed by atoms with Gasteiger partial charge in [0.2, 0.25) is 0 Å². The van der Waals surface area contributed by atoms with Gasteiger partial charge in [0.15, 0.2) is 0 Å². The lowest BCUT2D eigenvalue weighted by Crippen LogP contribution is -2.49. The average Bonchev–Trinajstić information content (AvgIpc) is 2.11. The number of hydrogen-bond donors (Lipinski definition) is 4. The van der Waals surface area contributed by atoms with Crippen molar-refractivity contribution in [3.63, 3.8) is 0 Å². The summed E-state index contributed by atoms with van der Waals surface area (Å²) in [5.41, 5.74) is 0. The number of carbonyl (C=O) groups is 4. The molecular formula is C8H12BN2O8. The number of carboxylic acid groups (broad SMARTS) is 4. The molecule has 0 heterocycles.